The van der Waals surface area contributed by atoms with E-state index >= 15 is 0 Å². The molecule has 1 N–H and O–H groups in total. The summed E-state index contributed by atoms with van der Waals surface area (Å²) in [5, 5.41) is 7.11. The minimum atomic E-state index is 0.306. The Bertz CT molecular complexity index is 858. The van der Waals surface area contributed by atoms with Crippen LogP contribution < -0.4 is 9.47 Å². The number of aromatic nitrogens is 3. The summed E-state index contributed by atoms with van der Waals surface area (Å²) >= 11 is 5.34. The lowest BCUT2D eigenvalue weighted by atomic mass is 10.3. The number of para-hydroxylation sites is 1. The van der Waals surface area contributed by atoms with Crippen molar-refractivity contribution >= 4 is 12.2 Å². The highest BCUT2D eigenvalue weighted by molar-refractivity contribution is 7.71. The van der Waals surface area contributed by atoms with E-state index in [1.807, 2.05) is 59.2 Å². The van der Waals surface area contributed by atoms with Gasteiger partial charge >= 0.3 is 0 Å². The van der Waals surface area contributed by atoms with Crippen LogP contribution in [0.1, 0.15) is 25.6 Å². The number of hydrogen-bond acceptors (Lipinski definition) is 4. The Morgan fingerprint density at radius 1 is 1.04 bits per heavy atom. The summed E-state index contributed by atoms with van der Waals surface area (Å²) in [4.78, 5) is 0. The van der Waals surface area contributed by atoms with Gasteiger partial charge in [0.1, 0.15) is 18.1 Å². The molecule has 0 saturated carbocycles. The van der Waals surface area contributed by atoms with Gasteiger partial charge in [0.05, 0.1) is 6.61 Å². The van der Waals surface area contributed by atoms with Gasteiger partial charge in [-0.15, -0.1) is 0 Å². The Balaban J connectivity index is 1.71. The third-order valence-corrected chi connectivity index (χ3v) is 3.97. The quantitative estimate of drug-likeness (QED) is 0.470. The van der Waals surface area contributed by atoms with E-state index in [4.69, 9.17) is 21.7 Å². The first-order valence-corrected chi connectivity index (χ1v) is 8.76. The van der Waals surface area contributed by atoms with E-state index in [2.05, 4.69) is 17.1 Å². The van der Waals surface area contributed by atoms with Crippen LogP contribution in [0.3, 0.4) is 0 Å². The van der Waals surface area contributed by atoms with E-state index < -0.39 is 0 Å². The van der Waals surface area contributed by atoms with Gasteiger partial charge in [-0.1, -0.05) is 37.6 Å². The Hall–Kier alpha value is -2.60. The van der Waals surface area contributed by atoms with Crippen molar-refractivity contribution in [3.05, 3.63) is 65.2 Å². The van der Waals surface area contributed by atoms with Crippen LogP contribution in [-0.2, 0) is 6.61 Å². The molecule has 0 bridgehead atoms. The fourth-order valence-electron chi connectivity index (χ4n) is 2.41. The monoisotopic (exact) mass is 355 g/mol. The van der Waals surface area contributed by atoms with Crippen LogP contribution in [0.4, 0.5) is 0 Å². The highest BCUT2D eigenvalue weighted by Crippen LogP contribution is 2.21. The lowest BCUT2D eigenvalue weighted by Crippen LogP contribution is -2.06. The average molecular weight is 355 g/mol. The molecule has 0 atom stereocenters. The van der Waals surface area contributed by atoms with Crippen molar-refractivity contribution in [2.24, 2.45) is 0 Å². The fraction of sp³-hybridized carbons (Fsp3) is 0.263. The smallest absolute Gasteiger partial charge is 0.199 e. The van der Waals surface area contributed by atoms with Crippen molar-refractivity contribution in [1.82, 2.24) is 14.8 Å². The van der Waals surface area contributed by atoms with Crippen molar-refractivity contribution in [3.63, 3.8) is 0 Å². The first-order chi connectivity index (χ1) is 12.3. The van der Waals surface area contributed by atoms with Crippen molar-refractivity contribution in [2.45, 2.75) is 26.4 Å². The van der Waals surface area contributed by atoms with Gasteiger partial charge in [0.25, 0.3) is 0 Å². The normalized spacial score (nSPS) is 10.6. The zero-order valence-electron chi connectivity index (χ0n) is 14.1. The first-order valence-electron chi connectivity index (χ1n) is 8.35. The van der Waals surface area contributed by atoms with Crippen LogP contribution in [0, 0.1) is 4.77 Å². The fourth-order valence-corrected chi connectivity index (χ4v) is 2.66. The number of benzene rings is 2. The molecule has 0 spiro atoms. The molecule has 0 amide bonds. The maximum Gasteiger partial charge on any atom is 0.199 e. The second-order valence-electron chi connectivity index (χ2n) is 5.58. The molecule has 1 aromatic heterocycles. The molecule has 6 heteroatoms. The Morgan fingerprint density at radius 3 is 2.56 bits per heavy atom. The predicted octanol–water partition coefficient (Wildman–Crippen LogP) is 4.69. The van der Waals surface area contributed by atoms with E-state index in [0.717, 1.165) is 30.0 Å². The van der Waals surface area contributed by atoms with Gasteiger partial charge in [-0.3, -0.25) is 9.67 Å². The topological polar surface area (TPSA) is 52.1 Å². The molecule has 0 unspecified atom stereocenters. The van der Waals surface area contributed by atoms with Gasteiger partial charge in [-0.05, 0) is 42.9 Å². The van der Waals surface area contributed by atoms with E-state index in [9.17, 15) is 0 Å². The summed E-state index contributed by atoms with van der Waals surface area (Å²) < 4.78 is 14.0. The molecule has 0 aliphatic heterocycles. The highest BCUT2D eigenvalue weighted by Gasteiger charge is 2.09. The third-order valence-electron chi connectivity index (χ3n) is 3.70. The molecule has 0 radical (unpaired) electrons. The molecule has 25 heavy (non-hydrogen) atoms. The minimum Gasteiger partial charge on any atom is -0.493 e. The largest absolute Gasteiger partial charge is 0.493 e. The number of unbranched alkanes of at least 4 members (excludes halogenated alkanes) is 1. The second-order valence-corrected chi connectivity index (χ2v) is 5.97. The number of rotatable bonds is 8. The molecule has 130 valence electrons. The standard InChI is InChI=1S/C19H21N3O2S/c1-2-3-12-23-16-10-7-11-17(13-16)24-14-18-20-21-19(25)22(18)15-8-5-4-6-9-15/h4-11,13H,2-3,12,14H2,1H3,(H,21,25). The minimum absolute atomic E-state index is 0.306. The Kier molecular flexibility index (Phi) is 5.85. The van der Waals surface area contributed by atoms with E-state index in [1.165, 1.54) is 0 Å². The summed E-state index contributed by atoms with van der Waals surface area (Å²) in [6.45, 7) is 3.16. The van der Waals surface area contributed by atoms with Gasteiger partial charge in [0.2, 0.25) is 0 Å². The van der Waals surface area contributed by atoms with Gasteiger partial charge in [0.15, 0.2) is 10.6 Å². The third kappa shape index (κ3) is 4.48. The maximum atomic E-state index is 5.88. The molecule has 3 aromatic rings. The number of nitrogens with zero attached hydrogens (tertiary/aromatic N) is 2. The van der Waals surface area contributed by atoms with E-state index in [-0.39, 0.29) is 0 Å². The number of hydrogen-bond donors (Lipinski definition) is 1. The van der Waals surface area contributed by atoms with Crippen LogP contribution in [-0.4, -0.2) is 21.4 Å². The molecular weight excluding hydrogens is 334 g/mol. The van der Waals surface area contributed by atoms with Crippen LogP contribution >= 0.6 is 12.2 Å². The van der Waals surface area contributed by atoms with Gasteiger partial charge in [0, 0.05) is 11.8 Å². The van der Waals surface area contributed by atoms with Crippen LogP contribution in [0.2, 0.25) is 0 Å². The van der Waals surface area contributed by atoms with Crippen LogP contribution in [0.15, 0.2) is 54.6 Å². The van der Waals surface area contributed by atoms with E-state index in [1.54, 1.807) is 0 Å². The van der Waals surface area contributed by atoms with E-state index in [0.29, 0.717) is 23.8 Å². The second kappa shape index (κ2) is 8.48. The Morgan fingerprint density at radius 2 is 1.80 bits per heavy atom. The molecule has 3 rings (SSSR count). The number of ether oxygens (including phenoxy) is 2. The lowest BCUT2D eigenvalue weighted by Gasteiger charge is -2.10. The zero-order chi connectivity index (χ0) is 17.5. The van der Waals surface area contributed by atoms with Crippen molar-refractivity contribution in [2.75, 3.05) is 6.61 Å². The highest BCUT2D eigenvalue weighted by atomic mass is 32.1. The molecule has 0 aliphatic rings. The number of nitrogens with one attached hydrogen (secondary N) is 1. The number of H-pyrrole nitrogens is 1. The van der Waals surface area contributed by atoms with Gasteiger partial charge < -0.3 is 9.47 Å². The molecule has 0 aliphatic carbocycles. The van der Waals surface area contributed by atoms with Crippen LogP contribution in [0.5, 0.6) is 11.5 Å². The Labute approximate surface area is 152 Å². The average Bonchev–Trinajstić information content (AvgIpc) is 3.02. The number of aromatic amines is 1. The van der Waals surface area contributed by atoms with Crippen molar-refractivity contribution < 1.29 is 9.47 Å². The molecule has 2 aromatic carbocycles. The first kappa shape index (κ1) is 17.2. The molecule has 1 heterocycles. The van der Waals surface area contributed by atoms with Crippen molar-refractivity contribution in [3.8, 4) is 17.2 Å². The summed E-state index contributed by atoms with van der Waals surface area (Å²) in [6, 6.07) is 17.5. The van der Waals surface area contributed by atoms with Crippen molar-refractivity contribution in [1.29, 1.82) is 0 Å². The SMILES string of the molecule is CCCCOc1cccc(OCc2n[nH]c(=S)n2-c2ccccc2)c1. The summed E-state index contributed by atoms with van der Waals surface area (Å²) in [6.07, 6.45) is 2.15. The molecule has 5 nitrogen and oxygen atoms in total. The molecular formula is C19H21N3O2S. The zero-order valence-corrected chi connectivity index (χ0v) is 15.0. The van der Waals surface area contributed by atoms with Gasteiger partial charge in [-0.2, -0.15) is 5.10 Å². The summed E-state index contributed by atoms with van der Waals surface area (Å²) in [7, 11) is 0. The van der Waals surface area contributed by atoms with Gasteiger partial charge in [-0.25, -0.2) is 0 Å². The maximum absolute atomic E-state index is 5.88. The molecule has 0 saturated heterocycles. The molecule has 0 fully saturated rings. The van der Waals surface area contributed by atoms with Crippen LogP contribution in [0.25, 0.3) is 5.69 Å². The summed E-state index contributed by atoms with van der Waals surface area (Å²) in [5.41, 5.74) is 0.955. The summed E-state index contributed by atoms with van der Waals surface area (Å²) in [5.74, 6) is 2.27. The predicted molar refractivity (Wildman–Crippen MR) is 99.9 cm³/mol. The lowest BCUT2D eigenvalue weighted by molar-refractivity contribution is 0.284.